The third-order valence-electron chi connectivity index (χ3n) is 6.73. The van der Waals surface area contributed by atoms with E-state index in [9.17, 15) is 45.7 Å². The molecule has 0 aromatic heterocycles. The molecule has 3 N–H and O–H groups in total. The molecule has 1 unspecified atom stereocenters. The van der Waals surface area contributed by atoms with Crippen LogP contribution in [0.2, 0.25) is 0 Å². The Balaban J connectivity index is 1.50. The van der Waals surface area contributed by atoms with Gasteiger partial charge in [-0.25, -0.2) is 0 Å². The first-order valence-corrected chi connectivity index (χ1v) is 12.8. The van der Waals surface area contributed by atoms with Gasteiger partial charge in [-0.3, -0.25) is 45.1 Å². The zero-order chi connectivity index (χ0) is 31.1. The summed E-state index contributed by atoms with van der Waals surface area (Å²) >= 11 is 0. The van der Waals surface area contributed by atoms with Crippen LogP contribution < -0.4 is 0 Å². The Morgan fingerprint density at radius 2 is 1.28 bits per heavy atom. The van der Waals surface area contributed by atoms with Gasteiger partial charge >= 0.3 is 17.1 Å². The van der Waals surface area contributed by atoms with Crippen molar-refractivity contribution in [2.45, 2.75) is 6.17 Å². The molecule has 1 atom stereocenters. The first-order chi connectivity index (χ1) is 20.6. The number of azo groups is 1. The molecule has 0 saturated carbocycles. The number of nitrogens with zero attached hydrogens (tertiary/aromatic N) is 8. The lowest BCUT2D eigenvalue weighted by Gasteiger charge is -2.30. The molecule has 1 fully saturated rings. The summed E-state index contributed by atoms with van der Waals surface area (Å²) in [7, 11) is 0. The van der Waals surface area contributed by atoms with E-state index in [0.29, 0.717) is 25.2 Å². The van der Waals surface area contributed by atoms with Crippen LogP contribution in [0, 0.1) is 30.3 Å². The summed E-state index contributed by atoms with van der Waals surface area (Å²) in [6.07, 6.45) is 0.711. The normalized spacial score (nSPS) is 15.9. The minimum atomic E-state index is -0.736. The van der Waals surface area contributed by atoms with Gasteiger partial charge in [-0.2, -0.15) is 10.2 Å². The van der Waals surface area contributed by atoms with E-state index in [2.05, 4.69) is 15.2 Å². The lowest BCUT2D eigenvalue weighted by molar-refractivity contribution is -0.386. The Labute approximate surface area is 243 Å². The van der Waals surface area contributed by atoms with Gasteiger partial charge in [0.2, 0.25) is 17.2 Å². The van der Waals surface area contributed by atoms with Crippen LogP contribution in [-0.4, -0.2) is 85.4 Å². The molecule has 1 aliphatic heterocycles. The van der Waals surface area contributed by atoms with E-state index >= 15 is 0 Å². The molecule has 0 amide bonds. The number of phenolic OH excluding ortho intramolecular Hbond substituents is 3. The zero-order valence-corrected chi connectivity index (χ0v) is 22.5. The highest BCUT2D eigenvalue weighted by molar-refractivity contribution is 5.85. The number of hydrogen-bond donors (Lipinski definition) is 3. The number of nitro benzene ring substituents is 3. The molecule has 17 nitrogen and oxygen atoms in total. The average molecular weight is 595 g/mol. The molecule has 17 heteroatoms. The van der Waals surface area contributed by atoms with E-state index in [-0.39, 0.29) is 30.9 Å². The van der Waals surface area contributed by atoms with Gasteiger partial charge in [0.15, 0.2) is 0 Å². The Bertz CT molecular complexity index is 1510. The van der Waals surface area contributed by atoms with Crippen molar-refractivity contribution in [1.82, 2.24) is 9.80 Å². The van der Waals surface area contributed by atoms with E-state index in [4.69, 9.17) is 0 Å². The molecule has 4 rings (SSSR count). The summed E-state index contributed by atoms with van der Waals surface area (Å²) in [5.74, 6) is -1.60. The van der Waals surface area contributed by atoms with Crippen LogP contribution in [0.25, 0.3) is 0 Å². The van der Waals surface area contributed by atoms with Crippen molar-refractivity contribution in [3.8, 4) is 17.2 Å². The smallest absolute Gasteiger partial charge is 0.313 e. The Hall–Kier alpha value is -5.55. The molecular weight excluding hydrogens is 568 g/mol. The molecule has 0 spiro atoms. The third-order valence-corrected chi connectivity index (χ3v) is 6.73. The van der Waals surface area contributed by atoms with E-state index in [1.807, 2.05) is 9.80 Å². The maximum absolute atomic E-state index is 11.5. The van der Waals surface area contributed by atoms with Crippen LogP contribution in [0.3, 0.4) is 0 Å². The van der Waals surface area contributed by atoms with Crippen molar-refractivity contribution < 1.29 is 30.1 Å². The quantitative estimate of drug-likeness (QED) is 0.117. The number of benzene rings is 3. The van der Waals surface area contributed by atoms with Crippen molar-refractivity contribution in [3.63, 3.8) is 0 Å². The van der Waals surface area contributed by atoms with Crippen molar-refractivity contribution >= 4 is 29.0 Å². The summed E-state index contributed by atoms with van der Waals surface area (Å²) in [5, 5.41) is 72.5. The average Bonchev–Trinajstić information content (AvgIpc) is 3.36. The molecule has 0 bridgehead atoms. The monoisotopic (exact) mass is 594 g/mol. The molecule has 1 aliphatic rings. The highest BCUT2D eigenvalue weighted by Gasteiger charge is 2.36. The molecule has 0 radical (unpaired) electrons. The van der Waals surface area contributed by atoms with Crippen molar-refractivity contribution in [3.05, 3.63) is 96.1 Å². The lowest BCUT2D eigenvalue weighted by atomic mass is 10.1. The fraction of sp³-hybridized carbons (Fsp3) is 0.269. The molecule has 0 aliphatic carbocycles. The second-order valence-electron chi connectivity index (χ2n) is 9.29. The number of rotatable bonds is 12. The summed E-state index contributed by atoms with van der Waals surface area (Å²) < 4.78 is 0. The highest BCUT2D eigenvalue weighted by atomic mass is 16.6. The predicted molar refractivity (Wildman–Crippen MR) is 152 cm³/mol. The van der Waals surface area contributed by atoms with Crippen LogP contribution >= 0.6 is 0 Å². The van der Waals surface area contributed by atoms with E-state index in [1.165, 1.54) is 48.7 Å². The largest absolute Gasteiger partial charge is 0.502 e. The minimum Gasteiger partial charge on any atom is -0.502 e. The molecular formula is C26H26N8O9. The van der Waals surface area contributed by atoms with Crippen LogP contribution in [0.15, 0.2) is 69.8 Å². The topological polar surface area (TPSA) is 234 Å². The van der Waals surface area contributed by atoms with Gasteiger partial charge < -0.3 is 15.3 Å². The van der Waals surface area contributed by atoms with Crippen molar-refractivity contribution in [2.75, 3.05) is 39.3 Å². The van der Waals surface area contributed by atoms with Crippen LogP contribution in [0.5, 0.6) is 17.2 Å². The molecule has 3 aromatic carbocycles. The van der Waals surface area contributed by atoms with Gasteiger partial charge in [0.1, 0.15) is 5.69 Å². The van der Waals surface area contributed by atoms with Gasteiger partial charge in [0.25, 0.3) is 0 Å². The van der Waals surface area contributed by atoms with Crippen LogP contribution in [-0.2, 0) is 0 Å². The van der Waals surface area contributed by atoms with Crippen molar-refractivity contribution in [1.29, 1.82) is 0 Å². The van der Waals surface area contributed by atoms with E-state index < -0.39 is 55.2 Å². The number of nitro groups is 3. The summed E-state index contributed by atoms with van der Waals surface area (Å²) in [5.41, 5.74) is -1.01. The molecule has 3 aromatic rings. The number of aromatic hydroxyl groups is 3. The van der Waals surface area contributed by atoms with Gasteiger partial charge in [0, 0.05) is 61.7 Å². The zero-order valence-electron chi connectivity index (χ0n) is 22.5. The van der Waals surface area contributed by atoms with Gasteiger partial charge in [-0.1, -0.05) is 24.3 Å². The lowest BCUT2D eigenvalue weighted by Crippen LogP contribution is -2.34. The second-order valence-corrected chi connectivity index (χ2v) is 9.29. The minimum absolute atomic E-state index is 0.0715. The van der Waals surface area contributed by atoms with Gasteiger partial charge in [-0.15, -0.1) is 0 Å². The molecule has 1 heterocycles. The molecule has 1 saturated heterocycles. The summed E-state index contributed by atoms with van der Waals surface area (Å²) in [6.45, 7) is 1.90. The van der Waals surface area contributed by atoms with E-state index in [0.717, 1.165) is 6.07 Å². The predicted octanol–water partition coefficient (Wildman–Crippen LogP) is 4.05. The van der Waals surface area contributed by atoms with Crippen molar-refractivity contribution in [2.24, 2.45) is 15.2 Å². The van der Waals surface area contributed by atoms with Gasteiger partial charge in [-0.05, 0) is 12.1 Å². The number of para-hydroxylation sites is 3. The highest BCUT2D eigenvalue weighted by Crippen LogP contribution is 2.40. The Morgan fingerprint density at radius 3 is 1.91 bits per heavy atom. The SMILES string of the molecule is O=[N+]([O-])c1cccc(C=NCCN2CCN(CCN=Nc3cccc([N+](=O)[O-])c3O)C2c2cccc([N+](=O)[O-])c2O)c1O. The standard InChI is InChI=1S/C26H26N8O9/c35-23-17(4-1-7-20(23)32(38)39)16-27-10-12-30-14-15-31(26(30)18-5-2-8-21(24(18)36)33(40)41)13-11-28-29-19-6-3-9-22(25(19)37)34(42)43/h1-9,16,26,35-37H,10-15H2. The number of aliphatic imine (C=N–C) groups is 1. The molecule has 224 valence electrons. The maximum atomic E-state index is 11.5. The van der Waals surface area contributed by atoms with Crippen LogP contribution in [0.4, 0.5) is 22.7 Å². The molecule has 43 heavy (non-hydrogen) atoms. The Morgan fingerprint density at radius 1 is 0.744 bits per heavy atom. The Kier molecular flexibility index (Phi) is 9.48. The fourth-order valence-corrected chi connectivity index (χ4v) is 4.69. The van der Waals surface area contributed by atoms with Gasteiger partial charge in [0.05, 0.1) is 34.0 Å². The maximum Gasteiger partial charge on any atom is 0.313 e. The third kappa shape index (κ3) is 6.85. The second kappa shape index (κ2) is 13.4. The summed E-state index contributed by atoms with van der Waals surface area (Å²) in [4.78, 5) is 39.6. The first-order valence-electron chi connectivity index (χ1n) is 12.8. The number of phenols is 3. The van der Waals surface area contributed by atoms with Crippen LogP contribution in [0.1, 0.15) is 17.3 Å². The number of hydrogen-bond acceptors (Lipinski definition) is 14. The fourth-order valence-electron chi connectivity index (χ4n) is 4.69. The van der Waals surface area contributed by atoms with E-state index in [1.54, 1.807) is 6.07 Å². The summed E-state index contributed by atoms with van der Waals surface area (Å²) in [6, 6.07) is 12.2. The first kappa shape index (κ1) is 30.4.